The van der Waals surface area contributed by atoms with E-state index in [0.717, 1.165) is 36.6 Å². The lowest BCUT2D eigenvalue weighted by Crippen LogP contribution is -2.37. The maximum atomic E-state index is 12.9. The Morgan fingerprint density at radius 1 is 1.06 bits per heavy atom. The standard InChI is InChI=1S/C25H27N7O3/c1-17-3-2-4-18(13-17)20-5-7-31(28-20)22-15-24(30-8-11-34-12-9-30)32-23(27-22)14-21(29-32)25(33)26-19-6-10-35-16-19/h2-5,7,13-15,19H,6,8-12,16H2,1H3,(H,26,33)/t19-/m1/s1. The number of anilines is 1. The number of aryl methyl sites for hydroxylation is 1. The fourth-order valence-electron chi connectivity index (χ4n) is 4.51. The topological polar surface area (TPSA) is 98.8 Å². The van der Waals surface area contributed by atoms with Crippen molar-refractivity contribution in [3.63, 3.8) is 0 Å². The van der Waals surface area contributed by atoms with Crippen LogP contribution in [0.5, 0.6) is 0 Å². The Bertz CT molecular complexity index is 1370. The number of morpholine rings is 1. The Labute approximate surface area is 202 Å². The molecule has 0 radical (unpaired) electrons. The van der Waals surface area contributed by atoms with Crippen molar-refractivity contribution in [1.29, 1.82) is 0 Å². The number of carbonyl (C=O) groups excluding carboxylic acids is 1. The van der Waals surface area contributed by atoms with Crippen molar-refractivity contribution >= 4 is 17.4 Å². The van der Waals surface area contributed by atoms with Crippen LogP contribution >= 0.6 is 0 Å². The van der Waals surface area contributed by atoms with Crippen LogP contribution in [-0.2, 0) is 9.47 Å². The minimum Gasteiger partial charge on any atom is -0.379 e. The van der Waals surface area contributed by atoms with Gasteiger partial charge in [-0.05, 0) is 25.5 Å². The van der Waals surface area contributed by atoms with E-state index < -0.39 is 0 Å². The molecule has 10 heteroatoms. The zero-order valence-electron chi connectivity index (χ0n) is 19.6. The van der Waals surface area contributed by atoms with E-state index in [2.05, 4.69) is 34.4 Å². The molecule has 1 atom stereocenters. The van der Waals surface area contributed by atoms with Gasteiger partial charge in [0.15, 0.2) is 17.2 Å². The van der Waals surface area contributed by atoms with Gasteiger partial charge in [0.05, 0.1) is 31.6 Å². The van der Waals surface area contributed by atoms with E-state index in [-0.39, 0.29) is 11.9 Å². The average molecular weight is 474 g/mol. The van der Waals surface area contributed by atoms with Gasteiger partial charge >= 0.3 is 0 Å². The predicted octanol–water partition coefficient (Wildman–Crippen LogP) is 2.25. The van der Waals surface area contributed by atoms with Crippen LogP contribution in [0.1, 0.15) is 22.5 Å². The minimum atomic E-state index is -0.221. The summed E-state index contributed by atoms with van der Waals surface area (Å²) in [6, 6.07) is 13.9. The van der Waals surface area contributed by atoms with Crippen LogP contribution < -0.4 is 10.2 Å². The number of amides is 1. The van der Waals surface area contributed by atoms with E-state index in [0.29, 0.717) is 43.6 Å². The summed E-state index contributed by atoms with van der Waals surface area (Å²) in [5.41, 5.74) is 4.02. The summed E-state index contributed by atoms with van der Waals surface area (Å²) >= 11 is 0. The number of fused-ring (bicyclic) bond motifs is 1. The third kappa shape index (κ3) is 4.38. The average Bonchev–Trinajstić information content (AvgIpc) is 3.64. The van der Waals surface area contributed by atoms with E-state index in [4.69, 9.17) is 19.6 Å². The lowest BCUT2D eigenvalue weighted by Gasteiger charge is -2.29. The van der Waals surface area contributed by atoms with Crippen molar-refractivity contribution in [2.45, 2.75) is 19.4 Å². The van der Waals surface area contributed by atoms with E-state index in [1.807, 2.05) is 30.5 Å². The molecule has 2 fully saturated rings. The molecule has 10 nitrogen and oxygen atoms in total. The molecule has 0 bridgehead atoms. The first kappa shape index (κ1) is 21.8. The fraction of sp³-hybridized carbons (Fsp3) is 0.360. The van der Waals surface area contributed by atoms with Crippen LogP contribution in [-0.4, -0.2) is 75.8 Å². The second-order valence-electron chi connectivity index (χ2n) is 8.92. The SMILES string of the molecule is Cc1cccc(-c2ccn(-c3cc(N4CCOCC4)n4nc(C(=O)N[C@@H]5CCOC5)cc4n3)n2)c1. The number of ether oxygens (including phenoxy) is 2. The normalized spacial score (nSPS) is 18.3. The number of nitrogens with zero attached hydrogens (tertiary/aromatic N) is 6. The van der Waals surface area contributed by atoms with Gasteiger partial charge in [-0.25, -0.2) is 9.67 Å². The molecule has 6 rings (SSSR count). The summed E-state index contributed by atoms with van der Waals surface area (Å²) in [5, 5.41) is 12.4. The molecule has 0 spiro atoms. The molecule has 4 aromatic rings. The summed E-state index contributed by atoms with van der Waals surface area (Å²) in [6.07, 6.45) is 2.72. The van der Waals surface area contributed by atoms with Gasteiger partial charge in [-0.1, -0.05) is 23.8 Å². The molecular formula is C25H27N7O3. The second kappa shape index (κ2) is 9.12. The highest BCUT2D eigenvalue weighted by atomic mass is 16.5. The van der Waals surface area contributed by atoms with Crippen LogP contribution in [0.2, 0.25) is 0 Å². The molecule has 0 unspecified atom stereocenters. The highest BCUT2D eigenvalue weighted by Gasteiger charge is 2.23. The quantitative estimate of drug-likeness (QED) is 0.475. The summed E-state index contributed by atoms with van der Waals surface area (Å²) in [6.45, 7) is 5.99. The summed E-state index contributed by atoms with van der Waals surface area (Å²) in [5.74, 6) is 1.29. The Morgan fingerprint density at radius 3 is 2.74 bits per heavy atom. The molecule has 1 N–H and O–H groups in total. The Morgan fingerprint density at radius 2 is 1.94 bits per heavy atom. The molecule has 3 aromatic heterocycles. The molecule has 2 aliphatic heterocycles. The van der Waals surface area contributed by atoms with Crippen molar-refractivity contribution in [3.05, 3.63) is 59.9 Å². The van der Waals surface area contributed by atoms with E-state index in [1.165, 1.54) is 5.56 Å². The van der Waals surface area contributed by atoms with Crippen LogP contribution in [0.15, 0.2) is 48.7 Å². The first-order chi connectivity index (χ1) is 17.1. The van der Waals surface area contributed by atoms with Gasteiger partial charge in [0, 0.05) is 43.6 Å². The van der Waals surface area contributed by atoms with Crippen molar-refractivity contribution in [2.75, 3.05) is 44.4 Å². The third-order valence-electron chi connectivity index (χ3n) is 6.37. The third-order valence-corrected chi connectivity index (χ3v) is 6.37. The van der Waals surface area contributed by atoms with Crippen LogP contribution in [0, 0.1) is 6.92 Å². The minimum absolute atomic E-state index is 0.0127. The van der Waals surface area contributed by atoms with Gasteiger partial charge in [-0.2, -0.15) is 14.7 Å². The smallest absolute Gasteiger partial charge is 0.272 e. The molecule has 1 amide bonds. The fourth-order valence-corrected chi connectivity index (χ4v) is 4.51. The lowest BCUT2D eigenvalue weighted by molar-refractivity contribution is 0.0924. The van der Waals surface area contributed by atoms with Crippen molar-refractivity contribution in [1.82, 2.24) is 29.7 Å². The molecule has 5 heterocycles. The highest BCUT2D eigenvalue weighted by Crippen LogP contribution is 2.24. The summed E-state index contributed by atoms with van der Waals surface area (Å²) in [7, 11) is 0. The number of hydrogen-bond donors (Lipinski definition) is 1. The molecular weight excluding hydrogens is 446 g/mol. The van der Waals surface area contributed by atoms with Gasteiger partial charge in [0.25, 0.3) is 5.91 Å². The van der Waals surface area contributed by atoms with Crippen LogP contribution in [0.4, 0.5) is 5.82 Å². The van der Waals surface area contributed by atoms with Crippen molar-refractivity contribution in [2.24, 2.45) is 0 Å². The zero-order chi connectivity index (χ0) is 23.8. The molecule has 2 aliphatic rings. The molecule has 0 saturated carbocycles. The van der Waals surface area contributed by atoms with Crippen molar-refractivity contribution < 1.29 is 14.3 Å². The maximum Gasteiger partial charge on any atom is 0.272 e. The number of rotatable bonds is 5. The number of benzene rings is 1. The Hall–Kier alpha value is -3.76. The Kier molecular flexibility index (Phi) is 5.67. The van der Waals surface area contributed by atoms with Gasteiger partial charge < -0.3 is 19.7 Å². The molecule has 0 aliphatic carbocycles. The lowest BCUT2D eigenvalue weighted by atomic mass is 10.1. The van der Waals surface area contributed by atoms with Gasteiger partial charge in [-0.15, -0.1) is 0 Å². The summed E-state index contributed by atoms with van der Waals surface area (Å²) in [4.78, 5) is 19.9. The van der Waals surface area contributed by atoms with Crippen LogP contribution in [0.25, 0.3) is 22.7 Å². The van der Waals surface area contributed by atoms with Gasteiger partial charge in [-0.3, -0.25) is 4.79 Å². The highest BCUT2D eigenvalue weighted by molar-refractivity contribution is 5.93. The van der Waals surface area contributed by atoms with E-state index in [1.54, 1.807) is 15.3 Å². The summed E-state index contributed by atoms with van der Waals surface area (Å²) < 4.78 is 14.4. The molecule has 35 heavy (non-hydrogen) atoms. The molecule has 180 valence electrons. The first-order valence-electron chi connectivity index (χ1n) is 11.9. The van der Waals surface area contributed by atoms with Gasteiger partial charge in [0.1, 0.15) is 5.82 Å². The van der Waals surface area contributed by atoms with Gasteiger partial charge in [0.2, 0.25) is 0 Å². The maximum absolute atomic E-state index is 12.9. The van der Waals surface area contributed by atoms with Crippen LogP contribution in [0.3, 0.4) is 0 Å². The largest absolute Gasteiger partial charge is 0.379 e. The van der Waals surface area contributed by atoms with E-state index in [9.17, 15) is 4.79 Å². The number of nitrogens with one attached hydrogen (secondary N) is 1. The number of hydrogen-bond acceptors (Lipinski definition) is 7. The van der Waals surface area contributed by atoms with E-state index >= 15 is 0 Å². The zero-order valence-corrected chi connectivity index (χ0v) is 19.6. The number of aromatic nitrogens is 5. The first-order valence-corrected chi connectivity index (χ1v) is 11.9. The van der Waals surface area contributed by atoms with Crippen molar-refractivity contribution in [3.8, 4) is 17.1 Å². The second-order valence-corrected chi connectivity index (χ2v) is 8.92. The monoisotopic (exact) mass is 473 g/mol. The Balaban J connectivity index is 1.39. The molecule has 1 aromatic carbocycles. The molecule has 2 saturated heterocycles. The number of carbonyl (C=O) groups is 1. The predicted molar refractivity (Wildman–Crippen MR) is 130 cm³/mol.